The molecular formula is C24H23ClN6O. The van der Waals surface area contributed by atoms with Crippen molar-refractivity contribution >= 4 is 29.1 Å². The summed E-state index contributed by atoms with van der Waals surface area (Å²) in [5.74, 6) is 0.776. The van der Waals surface area contributed by atoms with Crippen molar-refractivity contribution in [1.82, 2.24) is 19.5 Å². The summed E-state index contributed by atoms with van der Waals surface area (Å²) in [5, 5.41) is 0.329. The van der Waals surface area contributed by atoms with Crippen molar-refractivity contribution in [3.8, 4) is 11.4 Å². The zero-order valence-corrected chi connectivity index (χ0v) is 18.1. The third-order valence-electron chi connectivity index (χ3n) is 5.73. The molecule has 0 spiro atoms. The molecule has 4 aromatic rings. The first-order valence-corrected chi connectivity index (χ1v) is 10.5. The van der Waals surface area contributed by atoms with E-state index < -0.39 is 6.98 Å². The van der Waals surface area contributed by atoms with Crippen molar-refractivity contribution in [2.45, 2.75) is 18.8 Å². The second-order valence-electron chi connectivity index (χ2n) is 7.57. The van der Waals surface area contributed by atoms with Gasteiger partial charge in [-0.3, -0.25) is 0 Å². The van der Waals surface area contributed by atoms with Crippen LogP contribution in [0.2, 0.25) is 5.15 Å². The summed E-state index contributed by atoms with van der Waals surface area (Å²) in [6, 6.07) is 15.0. The predicted molar refractivity (Wildman–Crippen MR) is 126 cm³/mol. The first-order valence-electron chi connectivity index (χ1n) is 11.7. The smallest absolute Gasteiger partial charge is 0.231 e. The maximum atomic E-state index is 8.26. The maximum Gasteiger partial charge on any atom is 0.231 e. The molecule has 0 fully saturated rings. The third kappa shape index (κ3) is 3.54. The highest BCUT2D eigenvalue weighted by molar-refractivity contribution is 6.29. The Balaban J connectivity index is 1.61. The Morgan fingerprint density at radius 2 is 2.06 bits per heavy atom. The van der Waals surface area contributed by atoms with E-state index in [0.717, 1.165) is 34.6 Å². The molecule has 0 aliphatic heterocycles. The molecule has 0 bridgehead atoms. The Kier molecular flexibility index (Phi) is 4.35. The van der Waals surface area contributed by atoms with Gasteiger partial charge in [-0.25, -0.2) is 9.97 Å². The average Bonchev–Trinajstić information content (AvgIpc) is 3.45. The summed E-state index contributed by atoms with van der Waals surface area (Å²) in [6.45, 7) is -2.58. The molecule has 0 amide bonds. The summed E-state index contributed by atoms with van der Waals surface area (Å²) in [6.07, 6.45) is 4.76. The van der Waals surface area contributed by atoms with Crippen LogP contribution in [0.25, 0.3) is 5.69 Å². The van der Waals surface area contributed by atoms with Gasteiger partial charge in [-0.2, -0.15) is 4.98 Å². The lowest BCUT2D eigenvalue weighted by Crippen LogP contribution is -2.16. The highest BCUT2D eigenvalue weighted by Crippen LogP contribution is 2.40. The Morgan fingerprint density at radius 3 is 2.78 bits per heavy atom. The van der Waals surface area contributed by atoms with Gasteiger partial charge in [-0.15, -0.1) is 0 Å². The molecule has 2 N–H and O–H groups in total. The topological polar surface area (TPSA) is 82.1 Å². The van der Waals surface area contributed by atoms with Gasteiger partial charge in [0.15, 0.2) is 0 Å². The zero-order valence-electron chi connectivity index (χ0n) is 20.4. The Hall–Kier alpha value is -3.58. The number of fused-ring (bicyclic) bond motifs is 1. The fourth-order valence-electron chi connectivity index (χ4n) is 4.15. The molecule has 1 aliphatic rings. The Bertz CT molecular complexity index is 1380. The molecule has 8 heteroatoms. The van der Waals surface area contributed by atoms with Crippen molar-refractivity contribution < 1.29 is 8.85 Å². The average molecular weight is 450 g/mol. The van der Waals surface area contributed by atoms with E-state index in [1.807, 2.05) is 30.3 Å². The highest BCUT2D eigenvalue weighted by atomic mass is 35.5. The van der Waals surface area contributed by atoms with Gasteiger partial charge in [0.1, 0.15) is 23.0 Å². The van der Waals surface area contributed by atoms with Crippen LogP contribution in [0.3, 0.4) is 0 Å². The van der Waals surface area contributed by atoms with Crippen LogP contribution in [-0.4, -0.2) is 33.6 Å². The number of nitrogens with two attached hydrogens (primary N) is 1. The van der Waals surface area contributed by atoms with E-state index in [1.165, 1.54) is 7.11 Å². The number of hydrogen-bond acceptors (Lipinski definition) is 6. The zero-order chi connectivity index (χ0) is 24.7. The lowest BCUT2D eigenvalue weighted by Gasteiger charge is -2.21. The summed E-state index contributed by atoms with van der Waals surface area (Å²) in [7, 11) is 1.51. The number of ether oxygens (including phenoxy) is 1. The highest BCUT2D eigenvalue weighted by Gasteiger charge is 2.29. The number of benzene rings is 2. The second-order valence-corrected chi connectivity index (χ2v) is 7.96. The van der Waals surface area contributed by atoms with Crippen LogP contribution in [0.4, 0.5) is 17.5 Å². The van der Waals surface area contributed by atoms with E-state index in [-0.39, 0.29) is 11.9 Å². The van der Waals surface area contributed by atoms with Crippen molar-refractivity contribution in [3.05, 3.63) is 83.0 Å². The maximum absolute atomic E-state index is 8.26. The van der Waals surface area contributed by atoms with Crippen LogP contribution >= 0.6 is 11.6 Å². The number of methoxy groups -OCH3 is 1. The number of imidazole rings is 1. The first kappa shape index (κ1) is 17.0. The SMILES string of the molecule is [2H]C([2H])([2H])N(c1ccc(-n2cnc(Cl)c2)c(OC)c1)c1nc(N)c2c(n1)C(c1ccccc1)CC2. The van der Waals surface area contributed by atoms with Gasteiger partial charge in [0, 0.05) is 40.5 Å². The standard InChI is InChI=1S/C24H23ClN6O/c1-30(16-8-11-19(20(12-16)32-2)31-13-21(25)27-14-31)24-28-22-17(15-6-4-3-5-7-15)9-10-18(22)23(26)29-24/h3-8,11-14,17H,9-10H2,1-2H3,(H2,26,28,29)/i1D3. The van der Waals surface area contributed by atoms with E-state index in [1.54, 1.807) is 35.3 Å². The second kappa shape index (κ2) is 8.16. The normalized spacial score (nSPS) is 16.7. The number of rotatable bonds is 5. The minimum absolute atomic E-state index is 0.0181. The number of nitrogens with zero attached hydrogens (tertiary/aromatic N) is 5. The van der Waals surface area contributed by atoms with E-state index in [0.29, 0.717) is 28.1 Å². The minimum Gasteiger partial charge on any atom is -0.494 e. The fraction of sp³-hybridized carbons (Fsp3) is 0.208. The quantitative estimate of drug-likeness (QED) is 0.473. The lowest BCUT2D eigenvalue weighted by atomic mass is 9.97. The molecule has 1 unspecified atom stereocenters. The number of aromatic nitrogens is 4. The lowest BCUT2D eigenvalue weighted by molar-refractivity contribution is 0.413. The molecule has 1 atom stereocenters. The molecule has 1 aliphatic carbocycles. The van der Waals surface area contributed by atoms with Crippen LogP contribution in [0.5, 0.6) is 5.75 Å². The van der Waals surface area contributed by atoms with Gasteiger partial charge >= 0.3 is 0 Å². The number of nitrogen functional groups attached to an aromatic ring is 1. The monoisotopic (exact) mass is 449 g/mol. The molecule has 32 heavy (non-hydrogen) atoms. The van der Waals surface area contributed by atoms with Gasteiger partial charge in [-0.05, 0) is 30.5 Å². The molecule has 0 radical (unpaired) electrons. The largest absolute Gasteiger partial charge is 0.494 e. The van der Waals surface area contributed by atoms with Gasteiger partial charge in [-0.1, -0.05) is 41.9 Å². The number of hydrogen-bond donors (Lipinski definition) is 1. The van der Waals surface area contributed by atoms with E-state index in [2.05, 4.69) is 9.97 Å². The molecule has 2 heterocycles. The molecule has 0 saturated carbocycles. The van der Waals surface area contributed by atoms with Crippen LogP contribution in [-0.2, 0) is 6.42 Å². The van der Waals surface area contributed by atoms with Crippen molar-refractivity contribution in [3.63, 3.8) is 0 Å². The first-order chi connectivity index (χ1) is 16.8. The number of anilines is 3. The number of halogens is 1. The van der Waals surface area contributed by atoms with Crippen molar-refractivity contribution in [2.24, 2.45) is 0 Å². The summed E-state index contributed by atoms with van der Waals surface area (Å²) < 4.78 is 32.0. The minimum atomic E-state index is -2.58. The Labute approximate surface area is 195 Å². The fourth-order valence-corrected chi connectivity index (χ4v) is 4.30. The molecule has 7 nitrogen and oxygen atoms in total. The van der Waals surface area contributed by atoms with Gasteiger partial charge < -0.3 is 19.9 Å². The van der Waals surface area contributed by atoms with Crippen LogP contribution in [0.1, 0.15) is 33.3 Å². The Morgan fingerprint density at radius 1 is 1.22 bits per heavy atom. The molecule has 162 valence electrons. The molecule has 2 aromatic carbocycles. The van der Waals surface area contributed by atoms with E-state index in [9.17, 15) is 0 Å². The molecular weight excluding hydrogens is 424 g/mol. The third-order valence-corrected chi connectivity index (χ3v) is 5.92. The molecule has 2 aromatic heterocycles. The van der Waals surface area contributed by atoms with E-state index in [4.69, 9.17) is 31.2 Å². The van der Waals surface area contributed by atoms with Gasteiger partial charge in [0.05, 0.1) is 18.5 Å². The predicted octanol–water partition coefficient (Wildman–Crippen LogP) is 4.75. The van der Waals surface area contributed by atoms with Crippen LogP contribution < -0.4 is 15.4 Å². The van der Waals surface area contributed by atoms with Crippen LogP contribution in [0, 0.1) is 0 Å². The van der Waals surface area contributed by atoms with Crippen molar-refractivity contribution in [1.29, 1.82) is 0 Å². The summed E-state index contributed by atoms with van der Waals surface area (Å²) in [5.41, 5.74) is 10.1. The van der Waals surface area contributed by atoms with Gasteiger partial charge in [0.2, 0.25) is 5.95 Å². The van der Waals surface area contributed by atoms with Crippen LogP contribution in [0.15, 0.2) is 61.1 Å². The van der Waals surface area contributed by atoms with Gasteiger partial charge in [0.25, 0.3) is 0 Å². The molecule has 0 saturated heterocycles. The summed E-state index contributed by atoms with van der Waals surface area (Å²) in [4.78, 5) is 14.3. The summed E-state index contributed by atoms with van der Waals surface area (Å²) >= 11 is 5.96. The van der Waals surface area contributed by atoms with Crippen molar-refractivity contribution in [2.75, 3.05) is 24.7 Å². The van der Waals surface area contributed by atoms with E-state index >= 15 is 0 Å². The molecule has 5 rings (SSSR count).